The number of hydrogen-bond donors (Lipinski definition) is 2. The molecule has 0 saturated carbocycles. The van der Waals surface area contributed by atoms with Crippen molar-refractivity contribution in [2.24, 2.45) is 0 Å². The van der Waals surface area contributed by atoms with Gasteiger partial charge < -0.3 is 9.88 Å². The molecule has 3 rings (SSSR count). The Bertz CT molecular complexity index is 992. The second-order valence-corrected chi connectivity index (χ2v) is 8.56. The van der Waals surface area contributed by atoms with Crippen molar-refractivity contribution in [1.29, 1.82) is 0 Å². The molecule has 136 valence electrons. The lowest BCUT2D eigenvalue weighted by Crippen LogP contribution is -2.25. The van der Waals surface area contributed by atoms with E-state index in [1.165, 1.54) is 18.0 Å². The van der Waals surface area contributed by atoms with Crippen LogP contribution < -0.4 is 10.0 Å². The van der Waals surface area contributed by atoms with Crippen LogP contribution in [0.3, 0.4) is 0 Å². The average molecular weight is 390 g/mol. The van der Waals surface area contributed by atoms with Gasteiger partial charge >= 0.3 is 0 Å². The number of nitrogens with one attached hydrogen (secondary N) is 2. The van der Waals surface area contributed by atoms with Crippen LogP contribution in [0.2, 0.25) is 0 Å². The Hall–Kier alpha value is -2.42. The number of benzene rings is 1. The van der Waals surface area contributed by atoms with Gasteiger partial charge in [-0.25, -0.2) is 13.1 Å². The van der Waals surface area contributed by atoms with Gasteiger partial charge in [-0.15, -0.1) is 11.3 Å². The van der Waals surface area contributed by atoms with Crippen molar-refractivity contribution >= 4 is 27.3 Å². The Morgan fingerprint density at radius 1 is 1.15 bits per heavy atom. The highest BCUT2D eigenvalue weighted by Crippen LogP contribution is 2.14. The fourth-order valence-electron chi connectivity index (χ4n) is 2.54. The molecule has 0 atom stereocenters. The van der Waals surface area contributed by atoms with Crippen molar-refractivity contribution in [2.45, 2.75) is 18.0 Å². The molecule has 0 spiro atoms. The van der Waals surface area contributed by atoms with E-state index in [4.69, 9.17) is 0 Å². The van der Waals surface area contributed by atoms with Crippen LogP contribution >= 0.6 is 11.3 Å². The fourth-order valence-corrected chi connectivity index (χ4v) is 4.04. The summed E-state index contributed by atoms with van der Waals surface area (Å²) in [6.07, 6.45) is 1.87. The summed E-state index contributed by atoms with van der Waals surface area (Å²) in [5, 5.41) is 4.85. The molecule has 0 unspecified atom stereocenters. The number of carbonyl (C=O) groups is 1. The number of rotatable bonds is 7. The minimum absolute atomic E-state index is 0.174. The number of carbonyl (C=O) groups excluding carboxylic acids is 1. The summed E-state index contributed by atoms with van der Waals surface area (Å²) in [6.45, 7) is 0.888. The molecule has 2 N–H and O–H groups in total. The van der Waals surface area contributed by atoms with Crippen molar-refractivity contribution in [3.05, 3.63) is 76.2 Å². The number of amides is 1. The second kappa shape index (κ2) is 7.86. The number of nitrogens with zero attached hydrogens (tertiary/aromatic N) is 1. The molecule has 0 fully saturated rings. The van der Waals surface area contributed by atoms with E-state index in [1.54, 1.807) is 35.6 Å². The van der Waals surface area contributed by atoms with Gasteiger partial charge in [0, 0.05) is 17.6 Å². The van der Waals surface area contributed by atoms with Crippen molar-refractivity contribution in [3.8, 4) is 0 Å². The van der Waals surface area contributed by atoms with Gasteiger partial charge in [-0.05, 0) is 48.3 Å². The van der Waals surface area contributed by atoms with E-state index in [0.717, 1.165) is 0 Å². The van der Waals surface area contributed by atoms with Crippen LogP contribution in [0.4, 0.5) is 0 Å². The molecule has 2 heterocycles. The standard InChI is InChI=1S/C18H19N3O3S2/c1-19-26(23,24)16-7-2-5-14(11-16)12-20-18(22)17-8-3-9-21(17)13-15-6-4-10-25-15/h2-11,19H,12-13H2,1H3,(H,20,22). The first-order chi connectivity index (χ1) is 12.5. The SMILES string of the molecule is CNS(=O)(=O)c1cccc(CNC(=O)c2cccn2Cc2cccs2)c1. The lowest BCUT2D eigenvalue weighted by Gasteiger charge is -2.10. The molecule has 0 bridgehead atoms. The quantitative estimate of drug-likeness (QED) is 0.651. The second-order valence-electron chi connectivity index (χ2n) is 5.64. The molecule has 0 aliphatic heterocycles. The zero-order valence-corrected chi connectivity index (χ0v) is 15.8. The maximum atomic E-state index is 12.5. The van der Waals surface area contributed by atoms with Crippen LogP contribution in [0.25, 0.3) is 0 Å². The summed E-state index contributed by atoms with van der Waals surface area (Å²) in [5.74, 6) is -0.201. The number of thiophene rings is 1. The Kier molecular flexibility index (Phi) is 5.55. The zero-order chi connectivity index (χ0) is 18.6. The zero-order valence-electron chi connectivity index (χ0n) is 14.2. The van der Waals surface area contributed by atoms with Gasteiger partial charge in [0.1, 0.15) is 5.69 Å². The maximum Gasteiger partial charge on any atom is 0.268 e. The highest BCUT2D eigenvalue weighted by Gasteiger charge is 2.13. The van der Waals surface area contributed by atoms with Crippen LogP contribution in [0, 0.1) is 0 Å². The summed E-state index contributed by atoms with van der Waals surface area (Å²) < 4.78 is 27.9. The monoisotopic (exact) mass is 389 g/mol. The average Bonchev–Trinajstić information content (AvgIpc) is 3.32. The van der Waals surface area contributed by atoms with Crippen LogP contribution in [0.5, 0.6) is 0 Å². The lowest BCUT2D eigenvalue weighted by atomic mass is 10.2. The third-order valence-electron chi connectivity index (χ3n) is 3.90. The van der Waals surface area contributed by atoms with Gasteiger partial charge in [0.25, 0.3) is 5.91 Å². The molecule has 3 aromatic rings. The number of sulfonamides is 1. The van der Waals surface area contributed by atoms with Crippen molar-refractivity contribution in [2.75, 3.05) is 7.05 Å². The minimum atomic E-state index is -3.50. The molecule has 2 aromatic heterocycles. The Balaban J connectivity index is 1.69. The van der Waals surface area contributed by atoms with Crippen molar-refractivity contribution in [1.82, 2.24) is 14.6 Å². The smallest absolute Gasteiger partial charge is 0.268 e. The molecule has 1 amide bonds. The highest BCUT2D eigenvalue weighted by atomic mass is 32.2. The van der Waals surface area contributed by atoms with E-state index in [-0.39, 0.29) is 17.3 Å². The van der Waals surface area contributed by atoms with E-state index < -0.39 is 10.0 Å². The summed E-state index contributed by atoms with van der Waals surface area (Å²) in [6, 6.07) is 14.1. The molecule has 0 aliphatic carbocycles. The molecule has 1 aromatic carbocycles. The minimum Gasteiger partial charge on any atom is -0.347 e. The van der Waals surface area contributed by atoms with E-state index in [9.17, 15) is 13.2 Å². The van der Waals surface area contributed by atoms with Gasteiger partial charge in [0.05, 0.1) is 11.4 Å². The predicted octanol–water partition coefficient (Wildman–Crippen LogP) is 2.44. The summed E-state index contributed by atoms with van der Waals surface area (Å²) in [4.78, 5) is 13.8. The molecule has 0 saturated heterocycles. The molecule has 0 aliphatic rings. The van der Waals surface area contributed by atoms with Gasteiger partial charge in [-0.3, -0.25) is 4.79 Å². The van der Waals surface area contributed by atoms with E-state index in [1.807, 2.05) is 34.3 Å². The van der Waals surface area contributed by atoms with Crippen LogP contribution in [-0.2, 0) is 23.1 Å². The van der Waals surface area contributed by atoms with Crippen LogP contribution in [0.15, 0.2) is 65.0 Å². The predicted molar refractivity (Wildman–Crippen MR) is 102 cm³/mol. The summed E-state index contributed by atoms with van der Waals surface area (Å²) >= 11 is 1.64. The number of aromatic nitrogens is 1. The summed E-state index contributed by atoms with van der Waals surface area (Å²) in [5.41, 5.74) is 1.28. The molecular weight excluding hydrogens is 370 g/mol. The molecule has 26 heavy (non-hydrogen) atoms. The van der Waals surface area contributed by atoms with Gasteiger partial charge in [-0.2, -0.15) is 0 Å². The van der Waals surface area contributed by atoms with Gasteiger partial charge in [0.2, 0.25) is 10.0 Å². The van der Waals surface area contributed by atoms with E-state index in [0.29, 0.717) is 17.8 Å². The van der Waals surface area contributed by atoms with Crippen molar-refractivity contribution in [3.63, 3.8) is 0 Å². The van der Waals surface area contributed by atoms with E-state index >= 15 is 0 Å². The van der Waals surface area contributed by atoms with Crippen molar-refractivity contribution < 1.29 is 13.2 Å². The van der Waals surface area contributed by atoms with Gasteiger partial charge in [-0.1, -0.05) is 18.2 Å². The van der Waals surface area contributed by atoms with Gasteiger partial charge in [0.15, 0.2) is 0 Å². The molecule has 6 nitrogen and oxygen atoms in total. The fraction of sp³-hybridized carbons (Fsp3) is 0.167. The Morgan fingerprint density at radius 3 is 2.73 bits per heavy atom. The maximum absolute atomic E-state index is 12.5. The molecule has 0 radical (unpaired) electrons. The Labute approximate surface area is 156 Å². The van der Waals surface area contributed by atoms with E-state index in [2.05, 4.69) is 10.0 Å². The third-order valence-corrected chi connectivity index (χ3v) is 6.17. The largest absolute Gasteiger partial charge is 0.347 e. The Morgan fingerprint density at radius 2 is 2.00 bits per heavy atom. The normalized spacial score (nSPS) is 11.4. The number of hydrogen-bond acceptors (Lipinski definition) is 4. The first-order valence-electron chi connectivity index (χ1n) is 7.98. The highest BCUT2D eigenvalue weighted by molar-refractivity contribution is 7.89. The first kappa shape index (κ1) is 18.4. The molecular formula is C18H19N3O3S2. The first-order valence-corrected chi connectivity index (χ1v) is 10.3. The third kappa shape index (κ3) is 4.21. The topological polar surface area (TPSA) is 80.2 Å². The van der Waals surface area contributed by atoms with Crippen LogP contribution in [0.1, 0.15) is 20.9 Å². The van der Waals surface area contributed by atoms with Crippen LogP contribution in [-0.4, -0.2) is 25.9 Å². The summed E-state index contributed by atoms with van der Waals surface area (Å²) in [7, 11) is -2.14. The lowest BCUT2D eigenvalue weighted by molar-refractivity contribution is 0.0942. The molecule has 8 heteroatoms.